The van der Waals surface area contributed by atoms with Crippen molar-refractivity contribution in [2.75, 3.05) is 5.32 Å². The van der Waals surface area contributed by atoms with Gasteiger partial charge in [0.05, 0.1) is 11.9 Å². The average Bonchev–Trinajstić information content (AvgIpc) is 3.40. The molecule has 0 unspecified atom stereocenters. The lowest BCUT2D eigenvalue weighted by Gasteiger charge is -2.06. The zero-order valence-electron chi connectivity index (χ0n) is 14.0. The van der Waals surface area contributed by atoms with E-state index < -0.39 is 0 Å². The minimum atomic E-state index is -0.302. The van der Waals surface area contributed by atoms with Gasteiger partial charge in [0.25, 0.3) is 5.91 Å². The number of fused-ring (bicyclic) bond motifs is 1. The summed E-state index contributed by atoms with van der Waals surface area (Å²) in [6.07, 6.45) is 6.59. The van der Waals surface area contributed by atoms with Gasteiger partial charge in [-0.15, -0.1) is 0 Å². The van der Waals surface area contributed by atoms with Crippen LogP contribution in [0.3, 0.4) is 0 Å². The summed E-state index contributed by atoms with van der Waals surface area (Å²) < 4.78 is 1.46. The van der Waals surface area contributed by atoms with Gasteiger partial charge in [-0.25, -0.2) is 9.97 Å². The molecule has 1 aliphatic rings. The zero-order chi connectivity index (χ0) is 17.6. The molecule has 1 fully saturated rings. The molecule has 0 saturated heterocycles. The molecule has 1 amide bonds. The van der Waals surface area contributed by atoms with E-state index in [9.17, 15) is 9.59 Å². The number of aryl methyl sites for hydroxylation is 2. The molecular formula is C18H17N5O2. The molecule has 0 radical (unpaired) electrons. The van der Waals surface area contributed by atoms with Gasteiger partial charge in [-0.1, -0.05) is 0 Å². The van der Waals surface area contributed by atoms with E-state index in [4.69, 9.17) is 0 Å². The normalized spacial score (nSPS) is 13.8. The van der Waals surface area contributed by atoms with E-state index in [-0.39, 0.29) is 23.4 Å². The van der Waals surface area contributed by atoms with E-state index in [1.807, 2.05) is 19.9 Å². The van der Waals surface area contributed by atoms with Gasteiger partial charge >= 0.3 is 0 Å². The molecular weight excluding hydrogens is 318 g/mol. The maximum atomic E-state index is 12.8. The van der Waals surface area contributed by atoms with Crippen molar-refractivity contribution in [1.29, 1.82) is 0 Å². The van der Waals surface area contributed by atoms with E-state index in [0.717, 1.165) is 29.5 Å². The Labute approximate surface area is 144 Å². The van der Waals surface area contributed by atoms with Crippen molar-refractivity contribution in [2.24, 2.45) is 5.92 Å². The predicted octanol–water partition coefficient (Wildman–Crippen LogP) is 2.48. The highest BCUT2D eigenvalue weighted by Crippen LogP contribution is 2.30. The number of anilines is 1. The standard InChI is InChI=1S/C18H17N5O2/c1-10-9-23(18(25)14-8-19-11(2)7-20-14)16-13(10)5-6-15(21-16)22-17(24)12-3-4-12/h5-9,12H,3-4H2,1-2H3,(H,21,22,24). The number of pyridine rings is 1. The lowest BCUT2D eigenvalue weighted by Crippen LogP contribution is -2.16. The third-order valence-corrected chi connectivity index (χ3v) is 4.27. The Morgan fingerprint density at radius 1 is 1.16 bits per heavy atom. The quantitative estimate of drug-likeness (QED) is 0.794. The Bertz CT molecular complexity index is 987. The van der Waals surface area contributed by atoms with Crippen LogP contribution in [-0.4, -0.2) is 31.3 Å². The number of hydrogen-bond donors (Lipinski definition) is 1. The predicted molar refractivity (Wildman–Crippen MR) is 92.3 cm³/mol. The number of rotatable bonds is 3. The van der Waals surface area contributed by atoms with Crippen molar-refractivity contribution >= 4 is 28.7 Å². The first-order valence-electron chi connectivity index (χ1n) is 8.16. The maximum absolute atomic E-state index is 12.8. The van der Waals surface area contributed by atoms with Gasteiger partial charge in [-0.05, 0) is 44.4 Å². The van der Waals surface area contributed by atoms with Crippen LogP contribution in [0.5, 0.6) is 0 Å². The molecule has 0 aliphatic heterocycles. The summed E-state index contributed by atoms with van der Waals surface area (Å²) in [6, 6.07) is 3.63. The Kier molecular flexibility index (Phi) is 3.56. The molecule has 1 N–H and O–H groups in total. The summed E-state index contributed by atoms with van der Waals surface area (Å²) in [6.45, 7) is 3.73. The summed E-state index contributed by atoms with van der Waals surface area (Å²) >= 11 is 0. The molecule has 4 rings (SSSR count). The Hall–Kier alpha value is -3.09. The monoisotopic (exact) mass is 335 g/mol. The molecule has 3 aromatic rings. The molecule has 7 heteroatoms. The van der Waals surface area contributed by atoms with Gasteiger partial charge in [-0.2, -0.15) is 0 Å². The van der Waals surface area contributed by atoms with Gasteiger partial charge in [0.15, 0.2) is 0 Å². The molecule has 3 heterocycles. The van der Waals surface area contributed by atoms with Gasteiger partial charge in [0.1, 0.15) is 17.2 Å². The summed E-state index contributed by atoms with van der Waals surface area (Å²) in [5, 5.41) is 3.68. The molecule has 3 aromatic heterocycles. The van der Waals surface area contributed by atoms with E-state index in [2.05, 4.69) is 20.3 Å². The molecule has 0 aromatic carbocycles. The van der Waals surface area contributed by atoms with Crippen LogP contribution in [0.4, 0.5) is 5.82 Å². The molecule has 1 aliphatic carbocycles. The van der Waals surface area contributed by atoms with Crippen LogP contribution in [-0.2, 0) is 4.79 Å². The smallest absolute Gasteiger partial charge is 0.283 e. The number of hydrogen-bond acceptors (Lipinski definition) is 5. The van der Waals surface area contributed by atoms with Gasteiger partial charge < -0.3 is 5.32 Å². The largest absolute Gasteiger partial charge is 0.310 e. The van der Waals surface area contributed by atoms with Gasteiger partial charge in [0, 0.05) is 23.7 Å². The molecule has 0 atom stereocenters. The van der Waals surface area contributed by atoms with Crippen LogP contribution in [0.25, 0.3) is 11.0 Å². The van der Waals surface area contributed by atoms with E-state index in [0.29, 0.717) is 11.5 Å². The summed E-state index contributed by atoms with van der Waals surface area (Å²) in [7, 11) is 0. The van der Waals surface area contributed by atoms with Crippen molar-refractivity contribution in [3.8, 4) is 0 Å². The molecule has 126 valence electrons. The first-order valence-corrected chi connectivity index (χ1v) is 8.16. The maximum Gasteiger partial charge on any atom is 0.283 e. The molecule has 1 saturated carbocycles. The molecule has 0 spiro atoms. The lowest BCUT2D eigenvalue weighted by molar-refractivity contribution is -0.117. The zero-order valence-corrected chi connectivity index (χ0v) is 14.0. The van der Waals surface area contributed by atoms with E-state index in [1.54, 1.807) is 18.5 Å². The Morgan fingerprint density at radius 3 is 2.64 bits per heavy atom. The average molecular weight is 335 g/mol. The first-order chi connectivity index (χ1) is 12.0. The van der Waals surface area contributed by atoms with Crippen LogP contribution < -0.4 is 5.32 Å². The third kappa shape index (κ3) is 2.88. The molecule has 0 bridgehead atoms. The number of amides is 1. The van der Waals surface area contributed by atoms with Gasteiger partial charge in [-0.3, -0.25) is 19.1 Å². The van der Waals surface area contributed by atoms with Crippen molar-refractivity contribution < 1.29 is 9.59 Å². The Morgan fingerprint density at radius 2 is 1.96 bits per heavy atom. The van der Waals surface area contributed by atoms with Crippen LogP contribution in [0.15, 0.2) is 30.7 Å². The highest BCUT2D eigenvalue weighted by atomic mass is 16.2. The first kappa shape index (κ1) is 15.4. The second-order valence-electron chi connectivity index (χ2n) is 6.36. The van der Waals surface area contributed by atoms with Crippen LogP contribution in [0.2, 0.25) is 0 Å². The van der Waals surface area contributed by atoms with E-state index >= 15 is 0 Å². The van der Waals surface area contributed by atoms with Crippen molar-refractivity contribution in [1.82, 2.24) is 19.5 Å². The van der Waals surface area contributed by atoms with Crippen LogP contribution in [0.1, 0.15) is 34.6 Å². The summed E-state index contributed by atoms with van der Waals surface area (Å²) in [4.78, 5) is 37.5. The highest BCUT2D eigenvalue weighted by molar-refractivity contribution is 6.01. The number of nitrogens with zero attached hydrogens (tertiary/aromatic N) is 4. The van der Waals surface area contributed by atoms with Crippen molar-refractivity contribution in [3.05, 3.63) is 47.7 Å². The second-order valence-corrected chi connectivity index (χ2v) is 6.36. The number of nitrogens with one attached hydrogen (secondary N) is 1. The van der Waals surface area contributed by atoms with Crippen molar-refractivity contribution in [3.63, 3.8) is 0 Å². The van der Waals surface area contributed by atoms with Crippen LogP contribution >= 0.6 is 0 Å². The third-order valence-electron chi connectivity index (χ3n) is 4.27. The highest BCUT2D eigenvalue weighted by Gasteiger charge is 2.30. The summed E-state index contributed by atoms with van der Waals surface area (Å²) in [5.74, 6) is 0.225. The fourth-order valence-electron chi connectivity index (χ4n) is 2.69. The second kappa shape index (κ2) is 5.77. The number of carbonyl (C=O) groups excluding carboxylic acids is 2. The minimum Gasteiger partial charge on any atom is -0.310 e. The SMILES string of the molecule is Cc1cnc(C(=O)n2cc(C)c3ccc(NC(=O)C4CC4)nc32)cn1. The molecule has 7 nitrogen and oxygen atoms in total. The molecule has 25 heavy (non-hydrogen) atoms. The fourth-order valence-corrected chi connectivity index (χ4v) is 2.69. The van der Waals surface area contributed by atoms with Gasteiger partial charge in [0.2, 0.25) is 5.91 Å². The number of carbonyl (C=O) groups is 2. The van der Waals surface area contributed by atoms with Crippen LogP contribution in [0, 0.1) is 19.8 Å². The van der Waals surface area contributed by atoms with Crippen molar-refractivity contribution in [2.45, 2.75) is 26.7 Å². The topological polar surface area (TPSA) is 89.8 Å². The van der Waals surface area contributed by atoms with E-state index in [1.165, 1.54) is 10.8 Å². The summed E-state index contributed by atoms with van der Waals surface area (Å²) in [5.41, 5.74) is 2.42. The minimum absolute atomic E-state index is 0.0163. The lowest BCUT2D eigenvalue weighted by atomic mass is 10.2. The number of aromatic nitrogens is 4. The Balaban J connectivity index is 1.73. The fraction of sp³-hybridized carbons (Fsp3) is 0.278.